The van der Waals surface area contributed by atoms with Crippen molar-refractivity contribution in [1.82, 2.24) is 24.4 Å². The van der Waals surface area contributed by atoms with Crippen molar-refractivity contribution in [3.63, 3.8) is 0 Å². The Morgan fingerprint density at radius 1 is 1.18 bits per heavy atom. The third kappa shape index (κ3) is 5.41. The molecule has 1 unspecified atom stereocenters. The Hall–Kier alpha value is -3.33. The number of rotatable bonds is 8. The molecule has 3 aromatic rings. The second-order valence-corrected chi connectivity index (χ2v) is 11.7. The maximum atomic E-state index is 14.9. The van der Waals surface area contributed by atoms with Crippen molar-refractivity contribution in [3.05, 3.63) is 53.2 Å². The van der Waals surface area contributed by atoms with Gasteiger partial charge in [-0.05, 0) is 71.3 Å². The number of alkyl halides is 1. The largest absolute Gasteiger partial charge is 0.356 e. The van der Waals surface area contributed by atoms with Crippen molar-refractivity contribution in [1.29, 1.82) is 0 Å². The highest BCUT2D eigenvalue weighted by Gasteiger charge is 2.36. The van der Waals surface area contributed by atoms with Gasteiger partial charge in [-0.3, -0.25) is 4.79 Å². The standard InChI is InChI=1S/C30H40FN7O/c1-7-22-25-26(35-29(22)39)32-18-33-28(25)37-12-10-20(11-13-37)27-34-24(17-38(27)15-14-36(5)6)21-9-8-19(2)23(16-21)30(3,4)31/h8-9,16-18,20,22H,7,10-15H2,1-6H3,(H,32,33,35,39). The zero-order valence-electron chi connectivity index (χ0n) is 24.0. The number of anilines is 2. The maximum Gasteiger partial charge on any atom is 0.233 e. The second-order valence-electron chi connectivity index (χ2n) is 11.7. The lowest BCUT2D eigenvalue weighted by molar-refractivity contribution is -0.117. The highest BCUT2D eigenvalue weighted by atomic mass is 19.1. The Bertz CT molecular complexity index is 1350. The molecule has 1 N–H and O–H groups in total. The van der Waals surface area contributed by atoms with Gasteiger partial charge < -0.3 is 19.7 Å². The van der Waals surface area contributed by atoms with Crippen LogP contribution in [0.3, 0.4) is 0 Å². The number of piperidine rings is 1. The predicted molar refractivity (Wildman–Crippen MR) is 153 cm³/mol. The first-order chi connectivity index (χ1) is 18.6. The molecule has 4 heterocycles. The molecule has 0 bridgehead atoms. The summed E-state index contributed by atoms with van der Waals surface area (Å²) in [6.07, 6.45) is 6.28. The van der Waals surface area contributed by atoms with Gasteiger partial charge in [0.15, 0.2) is 0 Å². The van der Waals surface area contributed by atoms with Crippen molar-refractivity contribution < 1.29 is 9.18 Å². The molecule has 1 amide bonds. The zero-order chi connectivity index (χ0) is 27.9. The normalized spacial score (nSPS) is 18.1. The van der Waals surface area contributed by atoms with E-state index in [0.717, 1.165) is 79.5 Å². The summed E-state index contributed by atoms with van der Waals surface area (Å²) < 4.78 is 17.2. The number of fused-ring (bicyclic) bond motifs is 1. The van der Waals surface area contributed by atoms with Crippen LogP contribution in [0.25, 0.3) is 11.3 Å². The number of halogens is 1. The minimum Gasteiger partial charge on any atom is -0.356 e. The maximum absolute atomic E-state index is 14.9. The Morgan fingerprint density at radius 2 is 1.92 bits per heavy atom. The van der Waals surface area contributed by atoms with Gasteiger partial charge >= 0.3 is 0 Å². The SMILES string of the molecule is CCC1C(=O)Nc2ncnc(N3CCC(c4nc(-c5ccc(C)c(C(C)(C)F)c5)cn4CCN(C)C)CC3)c21. The van der Waals surface area contributed by atoms with E-state index in [2.05, 4.69) is 49.9 Å². The van der Waals surface area contributed by atoms with Crippen LogP contribution in [0.4, 0.5) is 16.0 Å². The molecule has 2 aliphatic heterocycles. The highest BCUT2D eigenvalue weighted by molar-refractivity contribution is 6.03. The van der Waals surface area contributed by atoms with Crippen LogP contribution in [0.15, 0.2) is 30.7 Å². The molecule has 1 atom stereocenters. The Labute approximate surface area is 230 Å². The summed E-state index contributed by atoms with van der Waals surface area (Å²) in [5.74, 6) is 2.73. The lowest BCUT2D eigenvalue weighted by atomic mass is 9.93. The Balaban J connectivity index is 1.41. The summed E-state index contributed by atoms with van der Waals surface area (Å²) in [6.45, 7) is 10.6. The first kappa shape index (κ1) is 27.2. The molecule has 2 aromatic heterocycles. The molecule has 39 heavy (non-hydrogen) atoms. The summed E-state index contributed by atoms with van der Waals surface area (Å²) in [5, 5.41) is 2.92. The number of aromatic nitrogens is 4. The third-order valence-corrected chi connectivity index (χ3v) is 8.11. The molecule has 1 saturated heterocycles. The van der Waals surface area contributed by atoms with Gasteiger partial charge in [0.05, 0.1) is 11.6 Å². The highest BCUT2D eigenvalue weighted by Crippen LogP contribution is 2.41. The molecule has 0 radical (unpaired) electrons. The summed E-state index contributed by atoms with van der Waals surface area (Å²) >= 11 is 0. The van der Waals surface area contributed by atoms with Gasteiger partial charge in [0.2, 0.25) is 5.91 Å². The van der Waals surface area contributed by atoms with Crippen molar-refractivity contribution in [3.8, 4) is 11.3 Å². The number of likely N-dealkylation sites (N-methyl/N-ethyl adjacent to an activating group) is 1. The predicted octanol–water partition coefficient (Wildman–Crippen LogP) is 5.24. The van der Waals surface area contributed by atoms with Gasteiger partial charge in [0.25, 0.3) is 0 Å². The molecule has 1 aromatic carbocycles. The quantitative estimate of drug-likeness (QED) is 0.426. The number of carbonyl (C=O) groups excluding carboxylic acids is 1. The van der Waals surface area contributed by atoms with E-state index < -0.39 is 5.67 Å². The summed E-state index contributed by atoms with van der Waals surface area (Å²) in [6, 6.07) is 5.99. The van der Waals surface area contributed by atoms with E-state index in [1.165, 1.54) is 0 Å². The lowest BCUT2D eigenvalue weighted by Gasteiger charge is -2.34. The number of hydrogen-bond acceptors (Lipinski definition) is 6. The van der Waals surface area contributed by atoms with E-state index >= 15 is 0 Å². The summed E-state index contributed by atoms with van der Waals surface area (Å²) in [5.41, 5.74) is 3.01. The summed E-state index contributed by atoms with van der Waals surface area (Å²) in [4.78, 5) is 31.0. The van der Waals surface area contributed by atoms with Crippen LogP contribution >= 0.6 is 0 Å². The average molecular weight is 534 g/mol. The van der Waals surface area contributed by atoms with Crippen molar-refractivity contribution in [2.24, 2.45) is 0 Å². The van der Waals surface area contributed by atoms with Gasteiger partial charge in [-0.15, -0.1) is 0 Å². The molecule has 0 spiro atoms. The van der Waals surface area contributed by atoms with Crippen LogP contribution in [0.2, 0.25) is 0 Å². The van der Waals surface area contributed by atoms with Crippen molar-refractivity contribution in [2.75, 3.05) is 43.9 Å². The number of amides is 1. The van der Waals surface area contributed by atoms with E-state index in [-0.39, 0.29) is 11.8 Å². The summed E-state index contributed by atoms with van der Waals surface area (Å²) in [7, 11) is 4.16. The molecule has 9 heteroatoms. The molecule has 8 nitrogen and oxygen atoms in total. The third-order valence-electron chi connectivity index (χ3n) is 8.11. The van der Waals surface area contributed by atoms with Gasteiger partial charge in [0, 0.05) is 49.4 Å². The van der Waals surface area contributed by atoms with E-state index in [1.54, 1.807) is 20.2 Å². The smallest absolute Gasteiger partial charge is 0.233 e. The van der Waals surface area contributed by atoms with Crippen LogP contribution in [0, 0.1) is 6.92 Å². The van der Waals surface area contributed by atoms with Crippen LogP contribution < -0.4 is 10.2 Å². The topological polar surface area (TPSA) is 79.2 Å². The molecule has 1 fully saturated rings. The van der Waals surface area contributed by atoms with E-state index in [0.29, 0.717) is 17.3 Å². The minimum atomic E-state index is -1.42. The van der Waals surface area contributed by atoms with Gasteiger partial charge in [-0.2, -0.15) is 0 Å². The van der Waals surface area contributed by atoms with Crippen molar-refractivity contribution in [2.45, 2.75) is 71.0 Å². The molecule has 208 valence electrons. The number of hydrogen-bond donors (Lipinski definition) is 1. The fourth-order valence-electron chi connectivity index (χ4n) is 5.94. The first-order valence-electron chi connectivity index (χ1n) is 14.0. The molecular formula is C30H40FN7O. The van der Waals surface area contributed by atoms with E-state index in [9.17, 15) is 9.18 Å². The lowest BCUT2D eigenvalue weighted by Crippen LogP contribution is -2.35. The number of imidazole rings is 1. The fraction of sp³-hybridized carbons (Fsp3) is 0.533. The fourth-order valence-corrected chi connectivity index (χ4v) is 5.94. The number of benzene rings is 1. The zero-order valence-corrected chi connectivity index (χ0v) is 24.0. The van der Waals surface area contributed by atoms with E-state index in [1.807, 2.05) is 32.0 Å². The van der Waals surface area contributed by atoms with Crippen LogP contribution in [0.1, 0.15) is 74.4 Å². The Kier molecular flexibility index (Phi) is 7.46. The monoisotopic (exact) mass is 533 g/mol. The first-order valence-corrected chi connectivity index (χ1v) is 14.0. The molecular weight excluding hydrogens is 493 g/mol. The van der Waals surface area contributed by atoms with Crippen LogP contribution in [0.5, 0.6) is 0 Å². The van der Waals surface area contributed by atoms with Crippen LogP contribution in [-0.2, 0) is 17.0 Å². The molecule has 0 saturated carbocycles. The van der Waals surface area contributed by atoms with Crippen molar-refractivity contribution >= 4 is 17.5 Å². The van der Waals surface area contributed by atoms with Crippen LogP contribution in [-0.4, -0.2) is 64.1 Å². The average Bonchev–Trinajstić information content (AvgIpc) is 3.47. The second kappa shape index (κ2) is 10.7. The molecule has 5 rings (SSSR count). The van der Waals surface area contributed by atoms with Gasteiger partial charge in [-0.25, -0.2) is 19.3 Å². The van der Waals surface area contributed by atoms with E-state index in [4.69, 9.17) is 4.98 Å². The molecule has 2 aliphatic rings. The Morgan fingerprint density at radius 3 is 2.59 bits per heavy atom. The molecule has 0 aliphatic carbocycles. The number of aryl methyl sites for hydroxylation is 1. The number of nitrogens with one attached hydrogen (secondary N) is 1. The van der Waals surface area contributed by atoms with Gasteiger partial charge in [-0.1, -0.05) is 19.1 Å². The van der Waals surface area contributed by atoms with Gasteiger partial charge in [0.1, 0.15) is 29.5 Å². The number of carbonyl (C=O) groups is 1. The minimum absolute atomic E-state index is 0.00926. The number of nitrogens with zero attached hydrogens (tertiary/aromatic N) is 6.